The van der Waals surface area contributed by atoms with E-state index >= 15 is 0 Å². The summed E-state index contributed by atoms with van der Waals surface area (Å²) < 4.78 is 5.27. The lowest BCUT2D eigenvalue weighted by atomic mass is 10.2. The first kappa shape index (κ1) is 10.2. The fourth-order valence-corrected chi connectivity index (χ4v) is 1.09. The zero-order valence-corrected chi connectivity index (χ0v) is 7.93. The molecular weight excluding hydrogens is 168 g/mol. The van der Waals surface area contributed by atoms with Gasteiger partial charge in [0.25, 0.3) is 5.91 Å². The Morgan fingerprint density at radius 3 is 3.08 bits per heavy atom. The van der Waals surface area contributed by atoms with E-state index in [1.54, 1.807) is 0 Å². The van der Waals surface area contributed by atoms with E-state index in [0.717, 1.165) is 12.1 Å². The van der Waals surface area contributed by atoms with Crippen molar-refractivity contribution in [3.63, 3.8) is 0 Å². The summed E-state index contributed by atoms with van der Waals surface area (Å²) in [6, 6.07) is 0. The predicted octanol–water partition coefficient (Wildman–Crippen LogP) is -0.333. The van der Waals surface area contributed by atoms with E-state index in [2.05, 4.69) is 17.2 Å². The molecule has 0 aromatic rings. The summed E-state index contributed by atoms with van der Waals surface area (Å²) in [6.45, 7) is 8.13. The molecule has 0 aliphatic carbocycles. The molecule has 1 atom stereocenters. The summed E-state index contributed by atoms with van der Waals surface area (Å²) in [4.78, 5) is 11.4. The van der Waals surface area contributed by atoms with Gasteiger partial charge in [-0.1, -0.05) is 12.2 Å². The molecule has 1 saturated heterocycles. The first-order chi connectivity index (χ1) is 6.20. The Labute approximate surface area is 78.3 Å². The Balaban J connectivity index is 2.25. The molecule has 1 unspecified atom stereocenters. The summed E-state index contributed by atoms with van der Waals surface area (Å²) in [5.41, 5.74) is 0.942. The molecule has 1 amide bonds. The highest BCUT2D eigenvalue weighted by Crippen LogP contribution is 1.96. The molecule has 4 nitrogen and oxygen atoms in total. The largest absolute Gasteiger partial charge is 0.366 e. The van der Waals surface area contributed by atoms with Crippen molar-refractivity contribution >= 4 is 5.91 Å². The third-order valence-corrected chi connectivity index (χ3v) is 1.78. The summed E-state index contributed by atoms with van der Waals surface area (Å²) in [7, 11) is 0. The van der Waals surface area contributed by atoms with E-state index in [1.165, 1.54) is 0 Å². The topological polar surface area (TPSA) is 50.4 Å². The maximum absolute atomic E-state index is 11.4. The Kier molecular flexibility index (Phi) is 3.92. The van der Waals surface area contributed by atoms with Crippen LogP contribution >= 0.6 is 0 Å². The van der Waals surface area contributed by atoms with Crippen LogP contribution in [0.2, 0.25) is 0 Å². The van der Waals surface area contributed by atoms with Crippen molar-refractivity contribution in [3.05, 3.63) is 12.2 Å². The van der Waals surface area contributed by atoms with Gasteiger partial charge in [0.15, 0.2) is 0 Å². The Morgan fingerprint density at radius 2 is 2.54 bits per heavy atom. The minimum absolute atomic E-state index is 0.0600. The van der Waals surface area contributed by atoms with Gasteiger partial charge in [-0.15, -0.1) is 0 Å². The predicted molar refractivity (Wildman–Crippen MR) is 50.4 cm³/mol. The lowest BCUT2D eigenvalue weighted by molar-refractivity contribution is -0.134. The Hall–Kier alpha value is -0.870. The number of hydrogen-bond acceptors (Lipinski definition) is 3. The second-order valence-corrected chi connectivity index (χ2v) is 3.24. The molecule has 13 heavy (non-hydrogen) atoms. The molecule has 74 valence electrons. The highest BCUT2D eigenvalue weighted by molar-refractivity contribution is 5.81. The van der Waals surface area contributed by atoms with Crippen molar-refractivity contribution in [1.29, 1.82) is 0 Å². The van der Waals surface area contributed by atoms with Crippen LogP contribution in [0.15, 0.2) is 12.2 Å². The number of morpholine rings is 1. The molecule has 1 fully saturated rings. The molecule has 0 saturated carbocycles. The Bertz CT molecular complexity index is 198. The molecule has 2 N–H and O–H groups in total. The van der Waals surface area contributed by atoms with Crippen LogP contribution in [0.25, 0.3) is 0 Å². The third kappa shape index (κ3) is 3.57. The van der Waals surface area contributed by atoms with Crippen LogP contribution in [-0.4, -0.2) is 38.3 Å². The van der Waals surface area contributed by atoms with Crippen molar-refractivity contribution < 1.29 is 9.53 Å². The third-order valence-electron chi connectivity index (χ3n) is 1.78. The molecular formula is C9H16N2O2. The van der Waals surface area contributed by atoms with Crippen molar-refractivity contribution in [2.75, 3.05) is 26.2 Å². The van der Waals surface area contributed by atoms with Gasteiger partial charge in [0.1, 0.15) is 6.10 Å². The molecule has 0 aromatic carbocycles. The second kappa shape index (κ2) is 4.99. The van der Waals surface area contributed by atoms with Crippen LogP contribution in [0.1, 0.15) is 6.92 Å². The Morgan fingerprint density at radius 1 is 1.77 bits per heavy atom. The molecule has 1 rings (SSSR count). The van der Waals surface area contributed by atoms with E-state index in [4.69, 9.17) is 4.74 Å². The number of rotatable bonds is 3. The fraction of sp³-hybridized carbons (Fsp3) is 0.667. The van der Waals surface area contributed by atoms with Crippen molar-refractivity contribution in [2.24, 2.45) is 0 Å². The molecule has 1 aliphatic heterocycles. The van der Waals surface area contributed by atoms with Crippen molar-refractivity contribution in [3.8, 4) is 0 Å². The number of carbonyl (C=O) groups excluding carboxylic acids is 1. The van der Waals surface area contributed by atoms with Crippen LogP contribution in [0.5, 0.6) is 0 Å². The van der Waals surface area contributed by atoms with Crippen molar-refractivity contribution in [1.82, 2.24) is 10.6 Å². The van der Waals surface area contributed by atoms with Gasteiger partial charge in [0.2, 0.25) is 0 Å². The number of hydrogen-bond donors (Lipinski definition) is 2. The zero-order valence-electron chi connectivity index (χ0n) is 7.93. The van der Waals surface area contributed by atoms with Gasteiger partial charge in [0, 0.05) is 19.6 Å². The van der Waals surface area contributed by atoms with E-state index in [1.807, 2.05) is 6.92 Å². The molecule has 1 aliphatic rings. The van der Waals surface area contributed by atoms with E-state index < -0.39 is 0 Å². The second-order valence-electron chi connectivity index (χ2n) is 3.24. The quantitative estimate of drug-likeness (QED) is 0.590. The van der Waals surface area contributed by atoms with E-state index in [9.17, 15) is 4.79 Å². The summed E-state index contributed by atoms with van der Waals surface area (Å²) in [5.74, 6) is -0.0600. The monoisotopic (exact) mass is 184 g/mol. The summed E-state index contributed by atoms with van der Waals surface area (Å²) in [6.07, 6.45) is -0.340. The van der Waals surface area contributed by atoms with Crippen LogP contribution in [-0.2, 0) is 9.53 Å². The van der Waals surface area contributed by atoms with Gasteiger partial charge < -0.3 is 15.4 Å². The maximum atomic E-state index is 11.4. The summed E-state index contributed by atoms with van der Waals surface area (Å²) >= 11 is 0. The number of ether oxygens (including phenoxy) is 1. The standard InChI is InChI=1S/C9H16N2O2/c1-7(2)5-11-9(12)8-6-10-3-4-13-8/h8,10H,1,3-6H2,2H3,(H,11,12). The highest BCUT2D eigenvalue weighted by atomic mass is 16.5. The average Bonchev–Trinajstić information content (AvgIpc) is 2.15. The molecule has 0 spiro atoms. The molecule has 0 bridgehead atoms. The van der Waals surface area contributed by atoms with Gasteiger partial charge in [-0.05, 0) is 6.92 Å². The van der Waals surface area contributed by atoms with Gasteiger partial charge in [-0.3, -0.25) is 4.79 Å². The van der Waals surface area contributed by atoms with Gasteiger partial charge in [-0.2, -0.15) is 0 Å². The SMILES string of the molecule is C=C(C)CNC(=O)C1CNCCO1. The van der Waals surface area contributed by atoms with E-state index in [-0.39, 0.29) is 12.0 Å². The number of nitrogens with one attached hydrogen (secondary N) is 2. The van der Waals surface area contributed by atoms with Gasteiger partial charge in [-0.25, -0.2) is 0 Å². The van der Waals surface area contributed by atoms with E-state index in [0.29, 0.717) is 19.7 Å². The normalized spacial score (nSPS) is 22.4. The molecule has 0 aromatic heterocycles. The van der Waals surface area contributed by atoms with Gasteiger partial charge >= 0.3 is 0 Å². The lowest BCUT2D eigenvalue weighted by Gasteiger charge is -2.22. The first-order valence-corrected chi connectivity index (χ1v) is 4.44. The van der Waals surface area contributed by atoms with Gasteiger partial charge in [0.05, 0.1) is 6.61 Å². The minimum atomic E-state index is -0.340. The molecule has 1 heterocycles. The smallest absolute Gasteiger partial charge is 0.250 e. The van der Waals surface area contributed by atoms with Crippen LogP contribution in [0, 0.1) is 0 Å². The van der Waals surface area contributed by atoms with Crippen molar-refractivity contribution in [2.45, 2.75) is 13.0 Å². The first-order valence-electron chi connectivity index (χ1n) is 4.44. The molecule has 0 radical (unpaired) electrons. The van der Waals surface area contributed by atoms with Crippen LogP contribution in [0.3, 0.4) is 0 Å². The minimum Gasteiger partial charge on any atom is -0.366 e. The zero-order chi connectivity index (χ0) is 9.68. The number of amides is 1. The summed E-state index contributed by atoms with van der Waals surface area (Å²) in [5, 5.41) is 5.84. The highest BCUT2D eigenvalue weighted by Gasteiger charge is 2.20. The number of carbonyl (C=O) groups is 1. The fourth-order valence-electron chi connectivity index (χ4n) is 1.09. The van der Waals surface area contributed by atoms with Crippen LogP contribution in [0.4, 0.5) is 0 Å². The molecule has 4 heteroatoms. The maximum Gasteiger partial charge on any atom is 0.250 e. The average molecular weight is 184 g/mol. The lowest BCUT2D eigenvalue weighted by Crippen LogP contribution is -2.48. The van der Waals surface area contributed by atoms with Crippen LogP contribution < -0.4 is 10.6 Å².